The van der Waals surface area contributed by atoms with Gasteiger partial charge in [0.15, 0.2) is 12.4 Å². The summed E-state index contributed by atoms with van der Waals surface area (Å²) < 4.78 is 66.0. The summed E-state index contributed by atoms with van der Waals surface area (Å²) in [6.45, 7) is 1.99. The quantitative estimate of drug-likeness (QED) is 0.177. The Morgan fingerprint density at radius 3 is 2.42 bits per heavy atom. The van der Waals surface area contributed by atoms with E-state index in [1.54, 1.807) is 0 Å². The topological polar surface area (TPSA) is 250 Å². The Kier molecular flexibility index (Phi) is 7.45. The highest BCUT2D eigenvalue weighted by Gasteiger charge is 2.56. The number of ether oxygens (including phenoxy) is 1. The van der Waals surface area contributed by atoms with Crippen molar-refractivity contribution in [2.45, 2.75) is 24.1 Å². The Morgan fingerprint density at radius 2 is 1.90 bits per heavy atom. The molecular formula is C11H17FN3O13P3. The van der Waals surface area contributed by atoms with Crippen molar-refractivity contribution in [3.8, 4) is 0 Å². The van der Waals surface area contributed by atoms with Crippen LogP contribution in [0, 0.1) is 0 Å². The molecule has 1 fully saturated rings. The number of anilines is 1. The lowest BCUT2D eigenvalue weighted by molar-refractivity contribution is -0.0910. The first kappa shape index (κ1) is 25.9. The van der Waals surface area contributed by atoms with Gasteiger partial charge in [0.25, 0.3) is 0 Å². The van der Waals surface area contributed by atoms with Gasteiger partial charge in [-0.2, -0.15) is 13.6 Å². The van der Waals surface area contributed by atoms with Crippen LogP contribution in [0.4, 0.5) is 10.2 Å². The molecule has 176 valence electrons. The Hall–Kier alpha value is -1.32. The van der Waals surface area contributed by atoms with Crippen molar-refractivity contribution in [3.63, 3.8) is 0 Å². The van der Waals surface area contributed by atoms with Gasteiger partial charge in [-0.25, -0.2) is 22.9 Å². The third-order valence-electron chi connectivity index (χ3n) is 3.74. The lowest BCUT2D eigenvalue weighted by Crippen LogP contribution is -2.42. The van der Waals surface area contributed by atoms with Gasteiger partial charge < -0.3 is 35.2 Å². The third kappa shape index (κ3) is 6.35. The molecule has 0 saturated carbocycles. The number of halogens is 1. The van der Waals surface area contributed by atoms with Gasteiger partial charge in [-0.15, -0.1) is 6.58 Å². The molecule has 0 aliphatic carbocycles. The molecule has 0 aromatic carbocycles. The molecular weight excluding hydrogens is 494 g/mol. The highest BCUT2D eigenvalue weighted by molar-refractivity contribution is 7.66. The van der Waals surface area contributed by atoms with Gasteiger partial charge >= 0.3 is 29.2 Å². The summed E-state index contributed by atoms with van der Waals surface area (Å²) in [5.41, 5.74) is 1.94. The van der Waals surface area contributed by atoms with Gasteiger partial charge in [0, 0.05) is 6.20 Å². The first-order valence-electron chi connectivity index (χ1n) is 7.77. The summed E-state index contributed by atoms with van der Waals surface area (Å²) in [6, 6.07) is 1.14. The summed E-state index contributed by atoms with van der Waals surface area (Å²) in [5.74, 6) is -0.173. The van der Waals surface area contributed by atoms with Gasteiger partial charge in [-0.3, -0.25) is 9.09 Å². The van der Waals surface area contributed by atoms with Crippen molar-refractivity contribution in [2.24, 2.45) is 0 Å². The molecule has 20 heteroatoms. The summed E-state index contributed by atoms with van der Waals surface area (Å²) in [6.07, 6.45) is -4.40. The van der Waals surface area contributed by atoms with Crippen LogP contribution >= 0.6 is 23.5 Å². The number of aliphatic hydroxyl groups excluding tert-OH is 1. The Balaban J connectivity index is 2.21. The van der Waals surface area contributed by atoms with Crippen LogP contribution < -0.4 is 11.4 Å². The van der Waals surface area contributed by atoms with E-state index in [9.17, 15) is 32.9 Å². The Morgan fingerprint density at radius 1 is 1.29 bits per heavy atom. The van der Waals surface area contributed by atoms with E-state index in [0.29, 0.717) is 4.57 Å². The molecule has 0 amide bonds. The fraction of sp³-hybridized carbons (Fsp3) is 0.455. The fourth-order valence-corrected chi connectivity index (χ4v) is 5.51. The zero-order chi connectivity index (χ0) is 23.8. The van der Waals surface area contributed by atoms with E-state index < -0.39 is 59.9 Å². The summed E-state index contributed by atoms with van der Waals surface area (Å²) in [7, 11) is -17.0. The van der Waals surface area contributed by atoms with Crippen LogP contribution in [0.3, 0.4) is 0 Å². The minimum Gasteiger partial charge on any atom is -0.385 e. The van der Waals surface area contributed by atoms with E-state index in [1.165, 1.54) is 0 Å². The molecule has 0 bridgehead atoms. The van der Waals surface area contributed by atoms with Crippen LogP contribution in [0.25, 0.3) is 0 Å². The maximum atomic E-state index is 14.8. The monoisotopic (exact) mass is 511 g/mol. The first-order chi connectivity index (χ1) is 14.0. The van der Waals surface area contributed by atoms with Gasteiger partial charge in [-0.1, -0.05) is 6.08 Å². The van der Waals surface area contributed by atoms with E-state index in [4.69, 9.17) is 25.2 Å². The molecule has 1 saturated heterocycles. The standard InChI is InChI=1S/C11H17FN3O13P3/c1-2-11(5-25-30(21,22)28-31(23,24)27-29(18,19)20)8(12)7(16)9(26-11)15-4-3-6(13)14-10(15)17/h2-4,7-9,16H,1,5H2,(H,21,22)(H,23,24)(H2,13,14,17)(H2,18,19,20)/t7-,8+,9-,11-/m1/s1. The predicted molar refractivity (Wildman–Crippen MR) is 96.7 cm³/mol. The van der Waals surface area contributed by atoms with Crippen molar-refractivity contribution in [1.82, 2.24) is 9.55 Å². The second-order valence-corrected chi connectivity index (χ2v) is 10.4. The average molecular weight is 511 g/mol. The SMILES string of the molecule is C=C[C@]1(COP(=O)(O)OP(=O)(O)OP(=O)(O)O)O[C@@H](n2ccc(N)nc2=O)[C@H](O)[C@@H]1F. The zero-order valence-corrected chi connectivity index (χ0v) is 17.8. The van der Waals surface area contributed by atoms with Crippen LogP contribution in [0.2, 0.25) is 0 Å². The van der Waals surface area contributed by atoms with Gasteiger partial charge in [-0.05, 0) is 6.07 Å². The van der Waals surface area contributed by atoms with Crippen molar-refractivity contribution in [1.29, 1.82) is 0 Å². The van der Waals surface area contributed by atoms with Crippen molar-refractivity contribution >= 4 is 29.3 Å². The van der Waals surface area contributed by atoms with Crippen LogP contribution in [-0.2, 0) is 31.6 Å². The number of nitrogens with zero attached hydrogens (tertiary/aromatic N) is 2. The van der Waals surface area contributed by atoms with E-state index in [0.717, 1.165) is 18.3 Å². The summed E-state index contributed by atoms with van der Waals surface area (Å²) in [5, 5.41) is 10.1. The average Bonchev–Trinajstić information content (AvgIpc) is 2.82. The number of rotatable bonds is 9. The molecule has 31 heavy (non-hydrogen) atoms. The van der Waals surface area contributed by atoms with E-state index >= 15 is 0 Å². The molecule has 1 aromatic rings. The highest BCUT2D eigenvalue weighted by Crippen LogP contribution is 2.66. The number of phosphoric ester groups is 1. The normalized spacial score (nSPS) is 30.5. The van der Waals surface area contributed by atoms with Crippen LogP contribution in [0.15, 0.2) is 29.7 Å². The number of hydrogen-bond donors (Lipinski definition) is 6. The van der Waals surface area contributed by atoms with E-state index in [1.807, 2.05) is 0 Å². The maximum absolute atomic E-state index is 14.8. The van der Waals surface area contributed by atoms with E-state index in [-0.39, 0.29) is 5.82 Å². The molecule has 7 N–H and O–H groups in total. The number of alkyl halides is 1. The Labute approximate surface area is 172 Å². The van der Waals surface area contributed by atoms with E-state index in [2.05, 4.69) is 24.7 Å². The Bertz CT molecular complexity index is 1050. The fourth-order valence-electron chi connectivity index (χ4n) is 2.45. The molecule has 1 aliphatic heterocycles. The lowest BCUT2D eigenvalue weighted by atomic mass is 9.98. The zero-order valence-electron chi connectivity index (χ0n) is 15.1. The lowest BCUT2D eigenvalue weighted by Gasteiger charge is -2.27. The summed E-state index contributed by atoms with van der Waals surface area (Å²) >= 11 is 0. The minimum atomic E-state index is -5.80. The molecule has 2 rings (SSSR count). The third-order valence-corrected chi connectivity index (χ3v) is 7.52. The molecule has 16 nitrogen and oxygen atoms in total. The molecule has 6 atom stereocenters. The second kappa shape index (κ2) is 8.90. The molecule has 2 unspecified atom stereocenters. The number of hydrogen-bond acceptors (Lipinski definition) is 11. The number of nitrogens with two attached hydrogens (primary N) is 1. The van der Waals surface area contributed by atoms with Crippen molar-refractivity contribution < 1.29 is 60.6 Å². The highest BCUT2D eigenvalue weighted by atomic mass is 31.3. The number of nitrogen functional groups attached to an aromatic ring is 1. The molecule has 0 spiro atoms. The summed E-state index contributed by atoms with van der Waals surface area (Å²) in [4.78, 5) is 50.9. The van der Waals surface area contributed by atoms with Crippen molar-refractivity contribution in [3.05, 3.63) is 35.4 Å². The second-order valence-electron chi connectivity index (χ2n) is 5.97. The van der Waals surface area contributed by atoms with Crippen LogP contribution in [0.1, 0.15) is 6.23 Å². The number of aromatic nitrogens is 2. The number of phosphoric acid groups is 3. The molecule has 0 radical (unpaired) electrons. The molecule has 1 aliphatic rings. The molecule has 2 heterocycles. The van der Waals surface area contributed by atoms with Crippen molar-refractivity contribution in [2.75, 3.05) is 12.3 Å². The minimum absolute atomic E-state index is 0.173. The maximum Gasteiger partial charge on any atom is 0.490 e. The van der Waals surface area contributed by atoms with Crippen LogP contribution in [-0.4, -0.2) is 58.7 Å². The number of aliphatic hydroxyl groups is 1. The molecule has 1 aromatic heterocycles. The van der Waals surface area contributed by atoms with Gasteiger partial charge in [0.1, 0.15) is 17.5 Å². The van der Waals surface area contributed by atoms with Gasteiger partial charge in [0.2, 0.25) is 0 Å². The smallest absolute Gasteiger partial charge is 0.385 e. The first-order valence-corrected chi connectivity index (χ1v) is 12.3. The van der Waals surface area contributed by atoms with Crippen LogP contribution in [0.5, 0.6) is 0 Å². The van der Waals surface area contributed by atoms with Gasteiger partial charge in [0.05, 0.1) is 6.61 Å². The predicted octanol–water partition coefficient (Wildman–Crippen LogP) is -0.679. The largest absolute Gasteiger partial charge is 0.490 e.